The van der Waals surface area contributed by atoms with Gasteiger partial charge < -0.3 is 5.41 Å². The molecule has 0 saturated heterocycles. The average Bonchev–Trinajstić information content (AvgIpc) is 2.06. The summed E-state index contributed by atoms with van der Waals surface area (Å²) in [5, 5.41) is 16.4. The van der Waals surface area contributed by atoms with E-state index in [9.17, 15) is 5.21 Å². The second-order valence-corrected chi connectivity index (χ2v) is 3.87. The van der Waals surface area contributed by atoms with E-state index >= 15 is 0 Å². The van der Waals surface area contributed by atoms with Crippen LogP contribution in [0, 0.1) is 12.3 Å². The lowest BCUT2D eigenvalue weighted by atomic mass is 10.2. The van der Waals surface area contributed by atoms with Gasteiger partial charge in [-0.15, -0.1) is 0 Å². The molecule has 0 amide bonds. The number of aromatic nitrogens is 1. The highest BCUT2D eigenvalue weighted by atomic mass is 32.1. The Morgan fingerprint density at radius 3 is 2.86 bits per heavy atom. The summed E-state index contributed by atoms with van der Waals surface area (Å²) in [6, 6.07) is 1.67. The van der Waals surface area contributed by atoms with Gasteiger partial charge in [-0.3, -0.25) is 0 Å². The number of nitrogens with zero attached hydrogens (tertiary/aromatic N) is 2. The van der Waals surface area contributed by atoms with Gasteiger partial charge in [-0.2, -0.15) is 10.6 Å². The summed E-state index contributed by atoms with van der Waals surface area (Å²) in [4.78, 5) is 4.03. The Kier molecular flexibility index (Phi) is 3.10. The average molecular weight is 213 g/mol. The van der Waals surface area contributed by atoms with Gasteiger partial charge >= 0.3 is 0 Å². The predicted molar refractivity (Wildman–Crippen MR) is 57.4 cm³/mol. The predicted octanol–water partition coefficient (Wildman–Crippen LogP) is 1.40. The number of anilines is 1. The summed E-state index contributed by atoms with van der Waals surface area (Å²) >= 11 is 3.84. The first-order chi connectivity index (χ1) is 6.42. The first-order valence-electron chi connectivity index (χ1n) is 4.00. The minimum atomic E-state index is -0.701. The van der Waals surface area contributed by atoms with Crippen molar-refractivity contribution in [2.75, 3.05) is 12.5 Å². The fraction of sp³-hybridized carbons (Fsp3) is 0.250. The first kappa shape index (κ1) is 11.0. The third-order valence-electron chi connectivity index (χ3n) is 1.63. The lowest BCUT2D eigenvalue weighted by Crippen LogP contribution is -2.36. The molecule has 0 bridgehead atoms. The van der Waals surface area contributed by atoms with Gasteiger partial charge in [0.05, 0.1) is 0 Å². The van der Waals surface area contributed by atoms with Crippen LogP contribution < -0.4 is 5.43 Å². The zero-order valence-corrected chi connectivity index (χ0v) is 8.92. The normalized spacial score (nSPS) is 14.6. The van der Waals surface area contributed by atoms with Gasteiger partial charge in [-0.05, 0) is 22.7 Å². The van der Waals surface area contributed by atoms with E-state index in [2.05, 4.69) is 23.2 Å². The maximum Gasteiger partial charge on any atom is 0.179 e. The smallest absolute Gasteiger partial charge is 0.179 e. The number of aryl methyl sites for hydroxylation is 1. The van der Waals surface area contributed by atoms with E-state index in [1.54, 1.807) is 12.3 Å². The number of thiol groups is 1. The van der Waals surface area contributed by atoms with Crippen molar-refractivity contribution >= 4 is 24.8 Å². The van der Waals surface area contributed by atoms with Crippen molar-refractivity contribution in [2.45, 2.75) is 6.92 Å². The first-order valence-corrected chi connectivity index (χ1v) is 4.40. The Bertz CT molecular complexity index is 348. The molecule has 0 aliphatic rings. The number of pyridine rings is 1. The molecule has 5 nitrogen and oxygen atoms in total. The van der Waals surface area contributed by atoms with E-state index in [0.717, 1.165) is 11.1 Å². The quantitative estimate of drug-likeness (QED) is 0.265. The molecule has 6 heteroatoms. The van der Waals surface area contributed by atoms with Crippen LogP contribution in [0.1, 0.15) is 11.1 Å². The number of rotatable bonds is 3. The van der Waals surface area contributed by atoms with Crippen molar-refractivity contribution < 1.29 is 9.37 Å². The Morgan fingerprint density at radius 2 is 2.36 bits per heavy atom. The summed E-state index contributed by atoms with van der Waals surface area (Å²) in [5.74, 6) is 0.467. The second-order valence-electron chi connectivity index (χ2n) is 3.10. The van der Waals surface area contributed by atoms with Gasteiger partial charge in [-0.25, -0.2) is 4.98 Å². The molecule has 0 aliphatic carbocycles. The molecule has 1 aromatic rings. The molecule has 1 aromatic heterocycles. The molecule has 0 aliphatic heterocycles. The lowest BCUT2D eigenvalue weighted by molar-refractivity contribution is -0.955. The van der Waals surface area contributed by atoms with Gasteiger partial charge in [0, 0.05) is 18.0 Å². The van der Waals surface area contributed by atoms with Crippen LogP contribution in [0.25, 0.3) is 0 Å². The molecule has 0 fully saturated rings. The molecule has 0 radical (unpaired) electrons. The highest BCUT2D eigenvalue weighted by Gasteiger charge is 2.13. The van der Waals surface area contributed by atoms with Crippen LogP contribution >= 0.6 is 12.8 Å². The molecular weight excluding hydrogens is 200 g/mol. The maximum absolute atomic E-state index is 9.30. The van der Waals surface area contributed by atoms with Crippen LogP contribution in [-0.4, -0.2) is 27.6 Å². The molecule has 76 valence electrons. The largest absolute Gasteiger partial charge is 0.308 e. The van der Waals surface area contributed by atoms with Crippen LogP contribution in [0.3, 0.4) is 0 Å². The SMILES string of the molecule is Cc1cnc(N[N+](C)(O)S)cc1C=N. The topological polar surface area (TPSA) is 69.0 Å². The lowest BCUT2D eigenvalue weighted by Gasteiger charge is -2.17. The monoisotopic (exact) mass is 213 g/mol. The van der Waals surface area contributed by atoms with Gasteiger partial charge in [0.25, 0.3) is 0 Å². The van der Waals surface area contributed by atoms with Crippen molar-refractivity contribution in [2.24, 2.45) is 0 Å². The standard InChI is InChI=1S/C8H13N4OS/c1-6-5-10-8(3-7(6)4-9)11-12(2,13)14/h3-5,9,13-14H,1-2H3,(H,10,11)/q+1. The number of hydroxylamine groups is 1. The Hall–Kier alpha value is -1.11. The van der Waals surface area contributed by atoms with Gasteiger partial charge in [0.15, 0.2) is 5.82 Å². The highest BCUT2D eigenvalue weighted by molar-refractivity contribution is 7.74. The van der Waals surface area contributed by atoms with Crippen molar-refractivity contribution in [1.82, 2.24) is 4.98 Å². The Labute approximate surface area is 88.0 Å². The Balaban J connectivity index is 2.95. The van der Waals surface area contributed by atoms with Crippen molar-refractivity contribution in [3.63, 3.8) is 0 Å². The van der Waals surface area contributed by atoms with Crippen LogP contribution in [0.5, 0.6) is 0 Å². The molecule has 1 heterocycles. The van der Waals surface area contributed by atoms with E-state index < -0.39 is 4.16 Å². The van der Waals surface area contributed by atoms with Crippen LogP contribution in [-0.2, 0) is 0 Å². The molecule has 1 unspecified atom stereocenters. The van der Waals surface area contributed by atoms with Crippen LogP contribution in [0.15, 0.2) is 12.3 Å². The van der Waals surface area contributed by atoms with Gasteiger partial charge in [0.1, 0.15) is 19.9 Å². The fourth-order valence-electron chi connectivity index (χ4n) is 0.973. The number of hydrogen-bond donors (Lipinski definition) is 4. The fourth-order valence-corrected chi connectivity index (χ4v) is 1.08. The molecule has 0 saturated carbocycles. The molecular formula is C8H13N4OS+. The summed E-state index contributed by atoms with van der Waals surface area (Å²) in [6.07, 6.45) is 2.87. The van der Waals surface area contributed by atoms with E-state index in [-0.39, 0.29) is 0 Å². The van der Waals surface area contributed by atoms with Crippen LogP contribution in [0.4, 0.5) is 5.82 Å². The van der Waals surface area contributed by atoms with E-state index in [4.69, 9.17) is 5.41 Å². The van der Waals surface area contributed by atoms with Crippen molar-refractivity contribution in [3.8, 4) is 0 Å². The molecule has 14 heavy (non-hydrogen) atoms. The van der Waals surface area contributed by atoms with E-state index in [1.165, 1.54) is 13.3 Å². The maximum atomic E-state index is 9.30. The molecule has 3 N–H and O–H groups in total. The minimum Gasteiger partial charge on any atom is -0.308 e. The zero-order valence-electron chi connectivity index (χ0n) is 8.02. The Morgan fingerprint density at radius 1 is 1.71 bits per heavy atom. The van der Waals surface area contributed by atoms with Crippen molar-refractivity contribution in [3.05, 3.63) is 23.4 Å². The van der Waals surface area contributed by atoms with Crippen LogP contribution in [0.2, 0.25) is 0 Å². The molecule has 0 aromatic carbocycles. The third-order valence-corrected chi connectivity index (χ3v) is 1.73. The van der Waals surface area contributed by atoms with Crippen molar-refractivity contribution in [1.29, 1.82) is 5.41 Å². The molecule has 1 rings (SSSR count). The number of hydrogen-bond acceptors (Lipinski definition) is 5. The van der Waals surface area contributed by atoms with Gasteiger partial charge in [0.2, 0.25) is 0 Å². The summed E-state index contributed by atoms with van der Waals surface area (Å²) < 4.78 is -0.701. The zero-order chi connectivity index (χ0) is 10.8. The summed E-state index contributed by atoms with van der Waals surface area (Å²) in [6.45, 7) is 1.87. The number of quaternary nitrogens is 1. The number of nitrogens with one attached hydrogen (secondary N) is 2. The minimum absolute atomic E-state index is 0.467. The van der Waals surface area contributed by atoms with E-state index in [0.29, 0.717) is 5.82 Å². The molecule has 1 atom stereocenters. The summed E-state index contributed by atoms with van der Waals surface area (Å²) in [5.41, 5.74) is 4.29. The van der Waals surface area contributed by atoms with E-state index in [1.807, 2.05) is 6.92 Å². The highest BCUT2D eigenvalue weighted by Crippen LogP contribution is 2.13. The second kappa shape index (κ2) is 3.95. The molecule has 0 spiro atoms. The van der Waals surface area contributed by atoms with Gasteiger partial charge in [-0.1, -0.05) is 0 Å². The summed E-state index contributed by atoms with van der Waals surface area (Å²) in [7, 11) is 1.44. The third kappa shape index (κ3) is 2.99.